The van der Waals surface area contributed by atoms with Crippen molar-refractivity contribution in [1.82, 2.24) is 9.55 Å². The summed E-state index contributed by atoms with van der Waals surface area (Å²) < 4.78 is 14.6. The van der Waals surface area contributed by atoms with E-state index in [9.17, 15) is 19.1 Å². The van der Waals surface area contributed by atoms with Gasteiger partial charge >= 0.3 is 0 Å². The van der Waals surface area contributed by atoms with E-state index >= 15 is 0 Å². The van der Waals surface area contributed by atoms with Crippen molar-refractivity contribution in [3.63, 3.8) is 0 Å². The van der Waals surface area contributed by atoms with E-state index in [1.165, 1.54) is 28.8 Å². The summed E-state index contributed by atoms with van der Waals surface area (Å²) in [5.41, 5.74) is 2.68. The van der Waals surface area contributed by atoms with Crippen LogP contribution in [0.1, 0.15) is 23.7 Å². The van der Waals surface area contributed by atoms with Gasteiger partial charge in [-0.25, -0.2) is 9.37 Å². The minimum atomic E-state index is -0.408. The zero-order valence-corrected chi connectivity index (χ0v) is 17.0. The van der Waals surface area contributed by atoms with Crippen molar-refractivity contribution < 1.29 is 14.3 Å². The van der Waals surface area contributed by atoms with E-state index in [0.29, 0.717) is 22.5 Å². The summed E-state index contributed by atoms with van der Waals surface area (Å²) in [6.45, 7) is 3.24. The van der Waals surface area contributed by atoms with Gasteiger partial charge in [0.05, 0.1) is 0 Å². The lowest BCUT2D eigenvalue weighted by molar-refractivity contribution is -0.116. The number of benzene rings is 2. The summed E-state index contributed by atoms with van der Waals surface area (Å²) in [6.07, 6.45) is 0.978. The van der Waals surface area contributed by atoms with E-state index in [4.69, 9.17) is 0 Å². The van der Waals surface area contributed by atoms with Gasteiger partial charge in [0.2, 0.25) is 5.91 Å². The minimum Gasteiger partial charge on any atom is -0.396 e. The van der Waals surface area contributed by atoms with Gasteiger partial charge in [0.15, 0.2) is 0 Å². The first-order valence-corrected chi connectivity index (χ1v) is 9.78. The van der Waals surface area contributed by atoms with Crippen LogP contribution in [0.4, 0.5) is 10.1 Å². The third kappa shape index (κ3) is 4.80. The first-order valence-electron chi connectivity index (χ1n) is 9.78. The van der Waals surface area contributed by atoms with Gasteiger partial charge in [0.25, 0.3) is 5.56 Å². The molecule has 1 amide bonds. The Bertz CT molecular complexity index is 1110. The van der Waals surface area contributed by atoms with Gasteiger partial charge < -0.3 is 10.4 Å². The van der Waals surface area contributed by atoms with Gasteiger partial charge in [-0.15, -0.1) is 0 Å². The first kappa shape index (κ1) is 21.4. The molecule has 0 aliphatic heterocycles. The molecular formula is C23H24FN3O3. The lowest BCUT2D eigenvalue weighted by Crippen LogP contribution is -2.33. The van der Waals surface area contributed by atoms with E-state index in [2.05, 4.69) is 10.3 Å². The normalized spacial score (nSPS) is 10.8. The molecule has 6 nitrogen and oxygen atoms in total. The number of anilines is 1. The lowest BCUT2D eigenvalue weighted by Gasteiger charge is -2.16. The molecule has 2 aromatic carbocycles. The molecule has 1 aromatic heterocycles. The Hall–Kier alpha value is -3.32. The molecule has 0 unspecified atom stereocenters. The van der Waals surface area contributed by atoms with Gasteiger partial charge in [0.1, 0.15) is 18.2 Å². The maximum atomic E-state index is 13.4. The minimum absolute atomic E-state index is 0.140. The average Bonchev–Trinajstić information content (AvgIpc) is 2.73. The highest BCUT2D eigenvalue weighted by atomic mass is 19.1. The van der Waals surface area contributed by atoms with Gasteiger partial charge in [0, 0.05) is 35.5 Å². The van der Waals surface area contributed by atoms with Crippen LogP contribution in [0.15, 0.2) is 53.3 Å². The van der Waals surface area contributed by atoms with E-state index in [1.807, 2.05) is 25.1 Å². The summed E-state index contributed by atoms with van der Waals surface area (Å²) in [7, 11) is 0. The fourth-order valence-electron chi connectivity index (χ4n) is 3.28. The van der Waals surface area contributed by atoms with Crippen molar-refractivity contribution in [2.24, 2.45) is 0 Å². The molecule has 0 spiro atoms. The summed E-state index contributed by atoms with van der Waals surface area (Å²) in [6, 6.07) is 13.1. The number of hydrogen-bond donors (Lipinski definition) is 2. The number of aliphatic hydroxyl groups excluding tert-OH is 1. The molecule has 7 heteroatoms. The Morgan fingerprint density at radius 2 is 1.93 bits per heavy atom. The van der Waals surface area contributed by atoms with Crippen LogP contribution in [0.3, 0.4) is 0 Å². The largest absolute Gasteiger partial charge is 0.396 e. The van der Waals surface area contributed by atoms with E-state index in [1.54, 1.807) is 13.0 Å². The molecular weight excluding hydrogens is 385 g/mol. The first-order chi connectivity index (χ1) is 14.4. The number of nitrogens with one attached hydrogen (secondary N) is 1. The molecule has 0 aliphatic carbocycles. The number of carbonyl (C=O) groups excluding carboxylic acids is 1. The fourth-order valence-corrected chi connectivity index (χ4v) is 3.28. The van der Waals surface area contributed by atoms with Gasteiger partial charge in [-0.1, -0.05) is 19.1 Å². The number of aryl methyl sites for hydroxylation is 2. The van der Waals surface area contributed by atoms with Crippen LogP contribution >= 0.6 is 0 Å². The predicted molar refractivity (Wildman–Crippen MR) is 114 cm³/mol. The average molecular weight is 409 g/mol. The second-order valence-electron chi connectivity index (χ2n) is 6.97. The number of aromatic nitrogens is 2. The Balaban J connectivity index is 2.00. The molecule has 0 radical (unpaired) electrons. The summed E-state index contributed by atoms with van der Waals surface area (Å²) >= 11 is 0. The number of aliphatic hydroxyl groups is 1. The quantitative estimate of drug-likeness (QED) is 0.628. The van der Waals surface area contributed by atoms with Crippen LogP contribution in [0.25, 0.3) is 11.4 Å². The molecule has 0 saturated heterocycles. The molecule has 30 heavy (non-hydrogen) atoms. The molecule has 0 bridgehead atoms. The number of amides is 1. The number of nitrogens with zero attached hydrogens (tertiary/aromatic N) is 2. The maximum absolute atomic E-state index is 13.4. The van der Waals surface area contributed by atoms with Crippen LogP contribution in [0, 0.1) is 12.7 Å². The Labute approximate surface area is 174 Å². The van der Waals surface area contributed by atoms with E-state index in [-0.39, 0.29) is 31.3 Å². The number of halogens is 1. The predicted octanol–water partition coefficient (Wildman–Crippen LogP) is 3.09. The van der Waals surface area contributed by atoms with Crippen molar-refractivity contribution in [2.75, 3.05) is 11.9 Å². The Kier molecular flexibility index (Phi) is 6.74. The summed E-state index contributed by atoms with van der Waals surface area (Å²) in [4.78, 5) is 30.3. The molecule has 3 aromatic rings. The highest BCUT2D eigenvalue weighted by Crippen LogP contribution is 2.19. The van der Waals surface area contributed by atoms with Crippen LogP contribution in [0.2, 0.25) is 0 Å². The summed E-state index contributed by atoms with van der Waals surface area (Å²) in [5, 5.41) is 12.1. The van der Waals surface area contributed by atoms with Crippen molar-refractivity contribution in [1.29, 1.82) is 0 Å². The second-order valence-corrected chi connectivity index (χ2v) is 6.97. The van der Waals surface area contributed by atoms with Gasteiger partial charge in [-0.05, 0) is 55.3 Å². The van der Waals surface area contributed by atoms with Gasteiger partial charge in [-0.2, -0.15) is 0 Å². The molecule has 2 N–H and O–H groups in total. The maximum Gasteiger partial charge on any atom is 0.257 e. The van der Waals surface area contributed by atoms with Crippen LogP contribution < -0.4 is 10.9 Å². The molecule has 0 aliphatic rings. The van der Waals surface area contributed by atoms with Crippen LogP contribution in [0.5, 0.6) is 0 Å². The van der Waals surface area contributed by atoms with Crippen molar-refractivity contribution in [3.8, 4) is 11.4 Å². The Morgan fingerprint density at radius 1 is 1.20 bits per heavy atom. The van der Waals surface area contributed by atoms with Crippen LogP contribution in [-0.2, 0) is 24.2 Å². The van der Waals surface area contributed by atoms with Gasteiger partial charge in [-0.3, -0.25) is 14.2 Å². The smallest absolute Gasteiger partial charge is 0.257 e. The standard InChI is InChI=1S/C23H24FN3O3/c1-3-16-5-4-6-19(13-16)26-21(29)14-27-22(17-7-9-18(24)10-8-17)25-15(2)20(11-12-28)23(27)30/h4-10,13,28H,3,11-12,14H2,1-2H3,(H,26,29). The van der Waals surface area contributed by atoms with Crippen molar-refractivity contribution in [3.05, 3.63) is 81.5 Å². The summed E-state index contributed by atoms with van der Waals surface area (Å²) in [5.74, 6) is -0.513. The zero-order chi connectivity index (χ0) is 21.7. The highest BCUT2D eigenvalue weighted by molar-refractivity contribution is 5.90. The third-order valence-corrected chi connectivity index (χ3v) is 4.85. The van der Waals surface area contributed by atoms with E-state index in [0.717, 1.165) is 12.0 Å². The van der Waals surface area contributed by atoms with Crippen LogP contribution in [-0.4, -0.2) is 27.2 Å². The molecule has 0 fully saturated rings. The zero-order valence-electron chi connectivity index (χ0n) is 17.0. The third-order valence-electron chi connectivity index (χ3n) is 4.85. The highest BCUT2D eigenvalue weighted by Gasteiger charge is 2.18. The molecule has 3 rings (SSSR count). The molecule has 1 heterocycles. The molecule has 0 atom stereocenters. The van der Waals surface area contributed by atoms with Crippen molar-refractivity contribution in [2.45, 2.75) is 33.2 Å². The Morgan fingerprint density at radius 3 is 2.60 bits per heavy atom. The lowest BCUT2D eigenvalue weighted by atomic mass is 10.1. The SMILES string of the molecule is CCc1cccc(NC(=O)Cn2c(-c3ccc(F)cc3)nc(C)c(CCO)c2=O)c1. The van der Waals surface area contributed by atoms with Crippen molar-refractivity contribution >= 4 is 11.6 Å². The number of carbonyl (C=O) groups is 1. The topological polar surface area (TPSA) is 84.2 Å². The second kappa shape index (κ2) is 9.45. The monoisotopic (exact) mass is 409 g/mol. The van der Waals surface area contributed by atoms with E-state index < -0.39 is 11.4 Å². The molecule has 0 saturated carbocycles. The molecule has 156 valence electrons. The fraction of sp³-hybridized carbons (Fsp3) is 0.261. The number of rotatable bonds is 7. The number of hydrogen-bond acceptors (Lipinski definition) is 4.